The lowest BCUT2D eigenvalue weighted by molar-refractivity contribution is -0.137. The van der Waals surface area contributed by atoms with E-state index in [1.165, 1.54) is 12.1 Å². The molecule has 4 rings (SSSR count). The summed E-state index contributed by atoms with van der Waals surface area (Å²) in [5, 5.41) is 19.7. The number of hydrogen-bond donors (Lipinski definition) is 1. The Morgan fingerprint density at radius 2 is 1.71 bits per heavy atom. The minimum atomic E-state index is -4.34. The van der Waals surface area contributed by atoms with Crippen LogP contribution in [0.25, 0.3) is 0 Å². The fourth-order valence-electron chi connectivity index (χ4n) is 3.26. The fourth-order valence-corrected chi connectivity index (χ4v) is 3.26. The third-order valence-electron chi connectivity index (χ3n) is 4.95. The lowest BCUT2D eigenvalue weighted by Crippen LogP contribution is -2.11. The molecule has 1 fully saturated rings. The van der Waals surface area contributed by atoms with Crippen LogP contribution < -0.4 is 4.74 Å². The molecule has 1 aromatic heterocycles. The topological polar surface area (TPSA) is 74.6 Å². The summed E-state index contributed by atoms with van der Waals surface area (Å²) in [4.78, 5) is 0. The highest BCUT2D eigenvalue weighted by Crippen LogP contribution is 2.53. The number of benzene rings is 2. The summed E-state index contributed by atoms with van der Waals surface area (Å²) < 4.78 is 43.5. The molecule has 2 aromatic carbocycles. The van der Waals surface area contributed by atoms with Crippen LogP contribution in [0.3, 0.4) is 0 Å². The second-order valence-electron chi connectivity index (χ2n) is 6.72. The minimum Gasteiger partial charge on any atom is -0.489 e. The Morgan fingerprint density at radius 3 is 2.29 bits per heavy atom. The van der Waals surface area contributed by atoms with Crippen molar-refractivity contribution < 1.29 is 17.9 Å². The summed E-state index contributed by atoms with van der Waals surface area (Å²) in [5.74, 6) is 0.611. The van der Waals surface area contributed by atoms with E-state index in [0.29, 0.717) is 22.7 Å². The van der Waals surface area contributed by atoms with Crippen LogP contribution in [-0.4, -0.2) is 15.4 Å². The maximum Gasteiger partial charge on any atom is 0.416 e. The van der Waals surface area contributed by atoms with Gasteiger partial charge in [0.25, 0.3) is 0 Å². The highest BCUT2D eigenvalue weighted by atomic mass is 19.4. The van der Waals surface area contributed by atoms with Gasteiger partial charge in [-0.1, -0.05) is 24.3 Å². The van der Waals surface area contributed by atoms with Gasteiger partial charge in [-0.15, -0.1) is 5.10 Å². The van der Waals surface area contributed by atoms with Crippen molar-refractivity contribution in [1.82, 2.24) is 15.4 Å². The number of hydrogen-bond acceptors (Lipinski definition) is 4. The molecule has 0 unspecified atom stereocenters. The van der Waals surface area contributed by atoms with Crippen molar-refractivity contribution in [3.8, 4) is 11.8 Å². The van der Waals surface area contributed by atoms with E-state index in [4.69, 9.17) is 4.74 Å². The summed E-state index contributed by atoms with van der Waals surface area (Å²) in [6, 6.07) is 14.4. The number of rotatable bonds is 5. The van der Waals surface area contributed by atoms with Crippen molar-refractivity contribution in [2.45, 2.75) is 31.0 Å². The standard InChI is InChI=1S/C20H15F3N4O/c21-20(22,23)15-3-1-13(2-4-15)12-28-16-7-5-14(6-8-16)19(9-10-19)18-17(11-24)25-27-26-18/h1-8H,9-10,12H2,(H,25,26,27). The molecule has 0 atom stereocenters. The normalized spacial score (nSPS) is 15.1. The third-order valence-corrected chi connectivity index (χ3v) is 4.95. The predicted molar refractivity (Wildman–Crippen MR) is 93.3 cm³/mol. The Balaban J connectivity index is 1.44. The van der Waals surface area contributed by atoms with Crippen molar-refractivity contribution in [3.05, 3.63) is 76.6 Å². The number of halogens is 3. The van der Waals surface area contributed by atoms with Crippen LogP contribution in [0.5, 0.6) is 5.75 Å². The van der Waals surface area contributed by atoms with E-state index in [2.05, 4.69) is 21.5 Å². The van der Waals surface area contributed by atoms with Gasteiger partial charge in [-0.05, 0) is 48.2 Å². The van der Waals surface area contributed by atoms with Gasteiger partial charge >= 0.3 is 6.18 Å². The molecule has 0 radical (unpaired) electrons. The van der Waals surface area contributed by atoms with Crippen LogP contribution in [0, 0.1) is 11.3 Å². The molecule has 1 saturated carbocycles. The van der Waals surface area contributed by atoms with Gasteiger partial charge in [0.2, 0.25) is 0 Å². The molecule has 28 heavy (non-hydrogen) atoms. The Bertz CT molecular complexity index is 1010. The van der Waals surface area contributed by atoms with Crippen LogP contribution in [-0.2, 0) is 18.2 Å². The summed E-state index contributed by atoms with van der Waals surface area (Å²) >= 11 is 0. The Labute approximate surface area is 158 Å². The smallest absolute Gasteiger partial charge is 0.416 e. The van der Waals surface area contributed by atoms with Gasteiger partial charge < -0.3 is 4.74 Å². The second-order valence-corrected chi connectivity index (χ2v) is 6.72. The van der Waals surface area contributed by atoms with Gasteiger partial charge in [0, 0.05) is 5.41 Å². The van der Waals surface area contributed by atoms with Crippen LogP contribution in [0.1, 0.15) is 40.9 Å². The zero-order valence-electron chi connectivity index (χ0n) is 14.6. The van der Waals surface area contributed by atoms with Crippen molar-refractivity contribution in [2.24, 2.45) is 0 Å². The van der Waals surface area contributed by atoms with E-state index in [1.54, 1.807) is 0 Å². The average molecular weight is 384 g/mol. The van der Waals surface area contributed by atoms with Gasteiger partial charge in [0.1, 0.15) is 24.1 Å². The summed E-state index contributed by atoms with van der Waals surface area (Å²) in [7, 11) is 0. The molecule has 1 heterocycles. The molecule has 0 spiro atoms. The molecule has 3 aromatic rings. The molecule has 0 amide bonds. The van der Waals surface area contributed by atoms with E-state index in [-0.39, 0.29) is 12.0 Å². The lowest BCUT2D eigenvalue weighted by Gasteiger charge is -2.14. The SMILES string of the molecule is N#Cc1n[nH]nc1C1(c2ccc(OCc3ccc(C(F)(F)F)cc3)cc2)CC1. The first-order chi connectivity index (χ1) is 13.4. The Kier molecular flexibility index (Phi) is 4.30. The van der Waals surface area contributed by atoms with Crippen molar-refractivity contribution >= 4 is 0 Å². The third kappa shape index (κ3) is 3.31. The summed E-state index contributed by atoms with van der Waals surface area (Å²) in [5.41, 5.74) is 1.68. The number of nitriles is 1. The largest absolute Gasteiger partial charge is 0.489 e. The van der Waals surface area contributed by atoms with Crippen LogP contribution in [0.4, 0.5) is 13.2 Å². The van der Waals surface area contributed by atoms with Crippen LogP contribution >= 0.6 is 0 Å². The van der Waals surface area contributed by atoms with Crippen LogP contribution in [0.15, 0.2) is 48.5 Å². The van der Waals surface area contributed by atoms with E-state index in [1.807, 2.05) is 24.3 Å². The number of alkyl halides is 3. The first kappa shape index (κ1) is 18.0. The van der Waals surface area contributed by atoms with Gasteiger partial charge in [0.05, 0.1) is 5.56 Å². The molecule has 1 aliphatic carbocycles. The van der Waals surface area contributed by atoms with E-state index in [0.717, 1.165) is 30.5 Å². The quantitative estimate of drug-likeness (QED) is 0.710. The molecule has 0 bridgehead atoms. The first-order valence-electron chi connectivity index (χ1n) is 8.63. The number of nitrogens with zero attached hydrogens (tertiary/aromatic N) is 3. The van der Waals surface area contributed by atoms with Crippen molar-refractivity contribution in [1.29, 1.82) is 5.26 Å². The average Bonchev–Trinajstić information content (AvgIpc) is 3.36. The molecule has 0 saturated heterocycles. The van der Waals surface area contributed by atoms with Crippen molar-refractivity contribution in [3.63, 3.8) is 0 Å². The van der Waals surface area contributed by atoms with E-state index >= 15 is 0 Å². The highest BCUT2D eigenvalue weighted by Gasteiger charge is 2.49. The van der Waals surface area contributed by atoms with E-state index < -0.39 is 11.7 Å². The van der Waals surface area contributed by atoms with Gasteiger partial charge in [-0.25, -0.2) is 0 Å². The zero-order valence-corrected chi connectivity index (χ0v) is 14.6. The number of H-pyrrole nitrogens is 1. The number of ether oxygens (including phenoxy) is 1. The fraction of sp³-hybridized carbons (Fsp3) is 0.250. The molecule has 0 aliphatic heterocycles. The second kappa shape index (κ2) is 6.68. The zero-order chi connectivity index (χ0) is 19.8. The van der Waals surface area contributed by atoms with E-state index in [9.17, 15) is 18.4 Å². The monoisotopic (exact) mass is 384 g/mol. The number of aromatic nitrogens is 3. The summed E-state index contributed by atoms with van der Waals surface area (Å²) in [6.45, 7) is 0.171. The molecular weight excluding hydrogens is 369 g/mol. The Morgan fingerprint density at radius 1 is 1.04 bits per heavy atom. The molecule has 5 nitrogen and oxygen atoms in total. The number of aromatic amines is 1. The minimum absolute atomic E-state index is 0.171. The van der Waals surface area contributed by atoms with Crippen molar-refractivity contribution in [2.75, 3.05) is 0 Å². The maximum atomic E-state index is 12.6. The first-order valence-corrected chi connectivity index (χ1v) is 8.63. The van der Waals surface area contributed by atoms with Gasteiger partial charge in [-0.2, -0.15) is 28.7 Å². The maximum absolute atomic E-state index is 12.6. The van der Waals surface area contributed by atoms with Crippen LogP contribution in [0.2, 0.25) is 0 Å². The van der Waals surface area contributed by atoms with Gasteiger partial charge in [0.15, 0.2) is 5.69 Å². The molecule has 1 N–H and O–H groups in total. The molecule has 8 heteroatoms. The highest BCUT2D eigenvalue weighted by molar-refractivity contribution is 5.47. The Hall–Kier alpha value is -3.34. The summed E-state index contributed by atoms with van der Waals surface area (Å²) in [6.07, 6.45) is -2.57. The molecular formula is C20H15F3N4O. The molecule has 1 aliphatic rings. The number of nitrogens with one attached hydrogen (secondary N) is 1. The lowest BCUT2D eigenvalue weighted by atomic mass is 9.91. The molecule has 142 valence electrons. The van der Waals surface area contributed by atoms with Gasteiger partial charge in [-0.3, -0.25) is 0 Å². The predicted octanol–water partition coefficient (Wildman–Crippen LogP) is 4.35.